The highest BCUT2D eigenvalue weighted by atomic mass is 16.7. The molecule has 1 aliphatic rings. The number of aromatic nitrogens is 2. The van der Waals surface area contributed by atoms with Gasteiger partial charge in [-0.3, -0.25) is 9.59 Å². The van der Waals surface area contributed by atoms with Crippen molar-refractivity contribution < 1.29 is 19.0 Å². The molecule has 8 nitrogen and oxygen atoms in total. The van der Waals surface area contributed by atoms with E-state index in [1.807, 2.05) is 18.2 Å². The summed E-state index contributed by atoms with van der Waals surface area (Å²) in [6, 6.07) is 12.6. The monoisotopic (exact) mass is 395 g/mol. The first kappa shape index (κ1) is 18.9. The number of aryl methyl sites for hydroxylation is 1. The van der Waals surface area contributed by atoms with Crippen molar-refractivity contribution >= 4 is 16.7 Å². The summed E-state index contributed by atoms with van der Waals surface area (Å²) in [6.45, 7) is 1.29. The summed E-state index contributed by atoms with van der Waals surface area (Å²) in [6.07, 6.45) is 0. The second-order valence-electron chi connectivity index (χ2n) is 6.73. The average Bonchev–Trinajstić information content (AvgIpc) is 3.21. The molecule has 2 aromatic carbocycles. The molecule has 1 aromatic heterocycles. The molecule has 0 saturated heterocycles. The van der Waals surface area contributed by atoms with E-state index in [9.17, 15) is 9.59 Å². The lowest BCUT2D eigenvalue weighted by atomic mass is 10.1. The highest BCUT2D eigenvalue weighted by Gasteiger charge is 2.23. The van der Waals surface area contributed by atoms with Crippen LogP contribution in [0.1, 0.15) is 16.1 Å². The van der Waals surface area contributed by atoms with Crippen LogP contribution in [-0.2, 0) is 18.3 Å². The Labute approximate surface area is 167 Å². The third-order valence-corrected chi connectivity index (χ3v) is 4.82. The molecule has 29 heavy (non-hydrogen) atoms. The molecule has 0 radical (unpaired) electrons. The predicted octanol–water partition coefficient (Wildman–Crippen LogP) is 1.95. The van der Waals surface area contributed by atoms with Crippen LogP contribution in [0, 0.1) is 0 Å². The second-order valence-corrected chi connectivity index (χ2v) is 6.73. The number of hydrogen-bond acceptors (Lipinski definition) is 6. The van der Waals surface area contributed by atoms with Gasteiger partial charge in [0.15, 0.2) is 17.2 Å². The Morgan fingerprint density at radius 1 is 1.17 bits per heavy atom. The summed E-state index contributed by atoms with van der Waals surface area (Å²) < 4.78 is 17.2. The van der Waals surface area contributed by atoms with Crippen molar-refractivity contribution in [2.45, 2.75) is 6.54 Å². The van der Waals surface area contributed by atoms with Crippen molar-refractivity contribution in [2.24, 2.45) is 7.05 Å². The van der Waals surface area contributed by atoms with Gasteiger partial charge in [-0.1, -0.05) is 24.3 Å². The Kier molecular flexibility index (Phi) is 5.18. The van der Waals surface area contributed by atoms with Crippen molar-refractivity contribution in [3.05, 3.63) is 64.1 Å². The van der Waals surface area contributed by atoms with Crippen LogP contribution in [0.2, 0.25) is 0 Å². The van der Waals surface area contributed by atoms with Gasteiger partial charge < -0.3 is 19.1 Å². The standard InChI is InChI=1S/C21H21N3O5/c1-23-20(25)16-6-4-3-5-15(16)19(22-23)21(26)24(9-10-27-2)12-14-7-8-17-18(11-14)29-13-28-17/h3-8,11H,9-10,12-13H2,1-2H3. The number of ether oxygens (including phenoxy) is 3. The molecule has 0 fully saturated rings. The van der Waals surface area contributed by atoms with Crippen LogP contribution in [0.4, 0.5) is 0 Å². The quantitative estimate of drug-likeness (QED) is 0.635. The minimum Gasteiger partial charge on any atom is -0.454 e. The lowest BCUT2D eigenvalue weighted by Crippen LogP contribution is -2.35. The Bertz CT molecular complexity index is 1120. The van der Waals surface area contributed by atoms with Crippen molar-refractivity contribution in [1.29, 1.82) is 0 Å². The number of rotatable bonds is 6. The van der Waals surface area contributed by atoms with E-state index >= 15 is 0 Å². The fourth-order valence-electron chi connectivity index (χ4n) is 3.32. The van der Waals surface area contributed by atoms with E-state index in [0.29, 0.717) is 42.0 Å². The number of carbonyl (C=O) groups is 1. The van der Waals surface area contributed by atoms with Crippen LogP contribution in [0.25, 0.3) is 10.8 Å². The van der Waals surface area contributed by atoms with Crippen LogP contribution in [0.5, 0.6) is 11.5 Å². The fourth-order valence-corrected chi connectivity index (χ4v) is 3.32. The third-order valence-electron chi connectivity index (χ3n) is 4.82. The molecule has 0 aliphatic carbocycles. The summed E-state index contributed by atoms with van der Waals surface area (Å²) in [5.74, 6) is 1.08. The number of carbonyl (C=O) groups excluding carboxylic acids is 1. The van der Waals surface area contributed by atoms with Crippen molar-refractivity contribution in [2.75, 3.05) is 27.1 Å². The molecule has 1 amide bonds. The molecule has 0 saturated carbocycles. The summed E-state index contributed by atoms with van der Waals surface area (Å²) in [5, 5.41) is 5.25. The lowest BCUT2D eigenvalue weighted by molar-refractivity contribution is 0.0674. The molecule has 0 bridgehead atoms. The van der Waals surface area contributed by atoms with Gasteiger partial charge in [-0.05, 0) is 23.8 Å². The fraction of sp³-hybridized carbons (Fsp3) is 0.286. The number of benzene rings is 2. The molecule has 8 heteroatoms. The molecule has 0 unspecified atom stereocenters. The maximum absolute atomic E-state index is 13.4. The molecule has 4 rings (SSSR count). The van der Waals surface area contributed by atoms with E-state index in [4.69, 9.17) is 14.2 Å². The molecule has 0 atom stereocenters. The smallest absolute Gasteiger partial charge is 0.275 e. The highest BCUT2D eigenvalue weighted by Crippen LogP contribution is 2.33. The maximum Gasteiger partial charge on any atom is 0.275 e. The SMILES string of the molecule is COCCN(Cc1ccc2c(c1)OCO2)C(=O)c1nn(C)c(=O)c2ccccc12. The number of hydrogen-bond donors (Lipinski definition) is 0. The summed E-state index contributed by atoms with van der Waals surface area (Å²) in [5.41, 5.74) is 0.892. The molecule has 0 N–H and O–H groups in total. The minimum absolute atomic E-state index is 0.194. The van der Waals surface area contributed by atoms with E-state index in [1.54, 1.807) is 43.3 Å². The summed E-state index contributed by atoms with van der Waals surface area (Å²) in [4.78, 5) is 27.4. The largest absolute Gasteiger partial charge is 0.454 e. The van der Waals surface area contributed by atoms with Gasteiger partial charge in [-0.15, -0.1) is 0 Å². The van der Waals surface area contributed by atoms with E-state index in [0.717, 1.165) is 5.56 Å². The Hall–Kier alpha value is -3.39. The summed E-state index contributed by atoms with van der Waals surface area (Å²) in [7, 11) is 3.13. The molecule has 3 aromatic rings. The molecular weight excluding hydrogens is 374 g/mol. The number of amides is 1. The van der Waals surface area contributed by atoms with E-state index < -0.39 is 0 Å². The predicted molar refractivity (Wildman–Crippen MR) is 106 cm³/mol. The van der Waals surface area contributed by atoms with Crippen molar-refractivity contribution in [3.63, 3.8) is 0 Å². The molecule has 1 aliphatic heterocycles. The average molecular weight is 395 g/mol. The van der Waals surface area contributed by atoms with Gasteiger partial charge in [0.1, 0.15) is 0 Å². The van der Waals surface area contributed by atoms with Gasteiger partial charge in [0.05, 0.1) is 12.0 Å². The number of nitrogens with zero attached hydrogens (tertiary/aromatic N) is 3. The Morgan fingerprint density at radius 3 is 2.72 bits per heavy atom. The van der Waals surface area contributed by atoms with Crippen LogP contribution in [-0.4, -0.2) is 47.6 Å². The highest BCUT2D eigenvalue weighted by molar-refractivity contribution is 6.04. The van der Waals surface area contributed by atoms with E-state index in [-0.39, 0.29) is 24.0 Å². The first-order valence-electron chi connectivity index (χ1n) is 9.21. The molecular formula is C21H21N3O5. The third kappa shape index (κ3) is 3.66. The van der Waals surface area contributed by atoms with E-state index in [2.05, 4.69) is 5.10 Å². The van der Waals surface area contributed by atoms with E-state index in [1.165, 1.54) is 4.68 Å². The van der Waals surface area contributed by atoms with Crippen LogP contribution < -0.4 is 15.0 Å². The van der Waals surface area contributed by atoms with Crippen molar-refractivity contribution in [1.82, 2.24) is 14.7 Å². The first-order valence-corrected chi connectivity index (χ1v) is 9.21. The number of fused-ring (bicyclic) bond motifs is 2. The van der Waals surface area contributed by atoms with Gasteiger partial charge in [0.2, 0.25) is 6.79 Å². The normalized spacial score (nSPS) is 12.3. The van der Waals surface area contributed by atoms with Crippen molar-refractivity contribution in [3.8, 4) is 11.5 Å². The number of methoxy groups -OCH3 is 1. The molecule has 0 spiro atoms. The Balaban J connectivity index is 1.70. The summed E-state index contributed by atoms with van der Waals surface area (Å²) >= 11 is 0. The topological polar surface area (TPSA) is 82.9 Å². The van der Waals surface area contributed by atoms with Gasteiger partial charge in [0, 0.05) is 32.6 Å². The van der Waals surface area contributed by atoms with Gasteiger partial charge in [0.25, 0.3) is 11.5 Å². The van der Waals surface area contributed by atoms with Gasteiger partial charge in [-0.2, -0.15) is 5.10 Å². The lowest BCUT2D eigenvalue weighted by Gasteiger charge is -2.23. The zero-order valence-corrected chi connectivity index (χ0v) is 16.3. The van der Waals surface area contributed by atoms with Gasteiger partial charge in [-0.25, -0.2) is 4.68 Å². The minimum atomic E-state index is -0.272. The van der Waals surface area contributed by atoms with Crippen LogP contribution >= 0.6 is 0 Å². The van der Waals surface area contributed by atoms with Crippen LogP contribution in [0.15, 0.2) is 47.3 Å². The second kappa shape index (κ2) is 7.92. The van der Waals surface area contributed by atoms with Gasteiger partial charge >= 0.3 is 0 Å². The Morgan fingerprint density at radius 2 is 1.93 bits per heavy atom. The molecule has 150 valence electrons. The zero-order valence-electron chi connectivity index (χ0n) is 16.3. The van der Waals surface area contributed by atoms with Crippen LogP contribution in [0.3, 0.4) is 0 Å². The molecule has 2 heterocycles. The zero-order chi connectivity index (χ0) is 20.4. The maximum atomic E-state index is 13.4. The first-order chi connectivity index (χ1) is 14.1.